The first-order valence-electron chi connectivity index (χ1n) is 26.2. The smallest absolute Gasteiger partial charge is 0.309 e. The quantitative estimate of drug-likeness (QED) is 0.164. The molecular weight excluding hydrogens is 799 g/mol. The number of carboxylic acid groups (broad SMARTS) is 1. The molecule has 0 aromatic carbocycles. The maximum atomic E-state index is 15.1. The largest absolute Gasteiger partial charge is 0.481 e. The minimum absolute atomic E-state index is 0.00579. The molecule has 8 rings (SSSR count). The van der Waals surface area contributed by atoms with Gasteiger partial charge in [0.1, 0.15) is 6.10 Å². The summed E-state index contributed by atoms with van der Waals surface area (Å²) < 4.78 is 6.19. The summed E-state index contributed by atoms with van der Waals surface area (Å²) in [5.74, 6) is 1.23. The average Bonchev–Trinajstić information content (AvgIpc) is 3.64. The Hall–Kier alpha value is -2.42. The number of allylic oxidation sites excluding steroid dienone is 1. The van der Waals surface area contributed by atoms with Gasteiger partial charge >= 0.3 is 11.9 Å². The number of likely N-dealkylation sites (tertiary alicyclic amines) is 1. The molecule has 8 aliphatic rings. The first kappa shape index (κ1) is 49.5. The molecule has 14 atom stereocenters. The number of fused-ring (bicyclic) bond motifs is 7. The van der Waals surface area contributed by atoms with Crippen LogP contribution in [0.5, 0.6) is 0 Å². The summed E-state index contributed by atoms with van der Waals surface area (Å²) in [6.07, 6.45) is 18.2. The van der Waals surface area contributed by atoms with Crippen LogP contribution in [0.3, 0.4) is 0 Å². The Kier molecular flexibility index (Phi) is 13.6. The molecule has 6 aliphatic carbocycles. The molecular formula is C55H91N3O6. The van der Waals surface area contributed by atoms with Crippen LogP contribution < -0.4 is 10.6 Å². The van der Waals surface area contributed by atoms with Gasteiger partial charge < -0.3 is 25.4 Å². The van der Waals surface area contributed by atoms with Crippen molar-refractivity contribution >= 4 is 23.8 Å². The monoisotopic (exact) mass is 890 g/mol. The fourth-order valence-electron chi connectivity index (χ4n) is 16.9. The predicted octanol–water partition coefficient (Wildman–Crippen LogP) is 11.1. The van der Waals surface area contributed by atoms with Crippen molar-refractivity contribution in [3.05, 3.63) is 12.2 Å². The normalized spacial score (nSPS) is 43.3. The van der Waals surface area contributed by atoms with Gasteiger partial charge in [0.15, 0.2) is 0 Å². The topological polar surface area (TPSA) is 125 Å². The van der Waals surface area contributed by atoms with Crippen LogP contribution in [0.15, 0.2) is 12.2 Å². The molecule has 0 radical (unpaired) electrons. The Morgan fingerprint density at radius 3 is 2.00 bits per heavy atom. The van der Waals surface area contributed by atoms with Crippen LogP contribution in [0.4, 0.5) is 0 Å². The van der Waals surface area contributed by atoms with Crippen molar-refractivity contribution in [2.75, 3.05) is 13.1 Å². The number of carbonyl (C=O) groups excluding carboxylic acids is 3. The summed E-state index contributed by atoms with van der Waals surface area (Å²) >= 11 is 0. The third kappa shape index (κ3) is 8.23. The van der Waals surface area contributed by atoms with Gasteiger partial charge in [0.05, 0.1) is 17.3 Å². The fourth-order valence-corrected chi connectivity index (χ4v) is 16.9. The highest BCUT2D eigenvalue weighted by atomic mass is 16.5. The molecule has 9 heteroatoms. The number of nitrogens with zero attached hydrogens (tertiary/aromatic N) is 1. The molecule has 2 aliphatic heterocycles. The van der Waals surface area contributed by atoms with Gasteiger partial charge in [-0.25, -0.2) is 0 Å². The third-order valence-electron chi connectivity index (χ3n) is 21.2. The Bertz CT molecular complexity index is 1790. The van der Waals surface area contributed by atoms with E-state index in [9.17, 15) is 19.5 Å². The zero-order valence-corrected chi connectivity index (χ0v) is 42.6. The lowest BCUT2D eigenvalue weighted by molar-refractivity contribution is -0.240. The van der Waals surface area contributed by atoms with Gasteiger partial charge in [0.2, 0.25) is 11.8 Å². The van der Waals surface area contributed by atoms with Gasteiger partial charge in [-0.1, -0.05) is 67.0 Å². The molecule has 2 amide bonds. The second-order valence-corrected chi connectivity index (χ2v) is 26.0. The van der Waals surface area contributed by atoms with Crippen LogP contribution >= 0.6 is 0 Å². The van der Waals surface area contributed by atoms with E-state index >= 15 is 4.79 Å². The number of carboxylic acids is 1. The first-order valence-corrected chi connectivity index (χ1v) is 26.2. The molecule has 64 heavy (non-hydrogen) atoms. The summed E-state index contributed by atoms with van der Waals surface area (Å²) in [5, 5.41) is 16.8. The van der Waals surface area contributed by atoms with Crippen molar-refractivity contribution in [2.24, 2.45) is 73.4 Å². The van der Waals surface area contributed by atoms with E-state index in [1.807, 2.05) is 0 Å². The van der Waals surface area contributed by atoms with Crippen molar-refractivity contribution in [1.82, 2.24) is 15.5 Å². The number of carbonyl (C=O) groups is 4. The number of esters is 1. The summed E-state index contributed by atoms with van der Waals surface area (Å²) in [4.78, 5) is 55.7. The van der Waals surface area contributed by atoms with Gasteiger partial charge in [-0.05, 0) is 189 Å². The van der Waals surface area contributed by atoms with Crippen molar-refractivity contribution in [2.45, 2.75) is 223 Å². The SMILES string of the molecule is C=C(C)[C@@H]1CC[C@]2(C(=O)NC3C[C@H](C(=O)N4CCCCC4)C3(C)C)CC[C@@]3(C)C4CC[C@H]5C(C)(C)[C@@H](OC(=O)CC(C)(C)C(=O)O)CC[C@]5(C)[C@H]4CC[C@]3(C)C12.CC1CCCC(C)N1. The van der Waals surface area contributed by atoms with Crippen LogP contribution in [0.2, 0.25) is 0 Å². The summed E-state index contributed by atoms with van der Waals surface area (Å²) in [5.41, 5.74) is -0.616. The van der Waals surface area contributed by atoms with Crippen LogP contribution in [-0.2, 0) is 23.9 Å². The predicted molar refractivity (Wildman–Crippen MR) is 255 cm³/mol. The van der Waals surface area contributed by atoms with Gasteiger partial charge in [0.25, 0.3) is 0 Å². The van der Waals surface area contributed by atoms with E-state index in [0.717, 1.165) is 109 Å². The minimum Gasteiger partial charge on any atom is -0.481 e. The Morgan fingerprint density at radius 2 is 1.42 bits per heavy atom. The molecule has 0 bridgehead atoms. The molecule has 362 valence electrons. The van der Waals surface area contributed by atoms with Gasteiger partial charge in [-0.15, -0.1) is 0 Å². The Morgan fingerprint density at radius 1 is 0.766 bits per heavy atom. The first-order chi connectivity index (χ1) is 29.8. The number of aliphatic carboxylic acids is 1. The number of hydrogen-bond acceptors (Lipinski definition) is 6. The summed E-state index contributed by atoms with van der Waals surface area (Å²) in [7, 11) is 0. The molecule has 2 saturated heterocycles. The number of ether oxygens (including phenoxy) is 1. The standard InChI is InChI=1S/C48H76N2O6.C7H15N/c1-29(2)30-17-22-48(40(53)49-35-27-33(43(35,5)6)39(52)50-25-13-12-14-26-50)24-23-46(10)32-15-16-34-44(7,8)36(56-37(51)28-42(3,4)41(54)55)19-20-45(34,9)31(32)18-21-47(46,11)38(30)48;1-6-4-3-5-7(2)8-6/h30-36,38H,1,12-28H2,2-11H3,(H,49,53)(H,54,55);6-8H,3-5H2,1-2H3/t30-,31-,32?,33+,34-,35?,36-,38?,45+,46-,47+,48-;/m0./s1. The van der Waals surface area contributed by atoms with Crippen molar-refractivity contribution in [3.63, 3.8) is 0 Å². The highest BCUT2D eigenvalue weighted by Crippen LogP contribution is 2.78. The molecule has 9 nitrogen and oxygen atoms in total. The second kappa shape index (κ2) is 17.6. The van der Waals surface area contributed by atoms with Crippen molar-refractivity contribution in [1.29, 1.82) is 0 Å². The molecule has 6 saturated carbocycles. The lowest BCUT2D eigenvalue weighted by atomic mass is 9.33. The highest BCUT2D eigenvalue weighted by molar-refractivity contribution is 5.86. The van der Waals surface area contributed by atoms with Crippen LogP contribution in [0, 0.1) is 73.4 Å². The average molecular weight is 890 g/mol. The van der Waals surface area contributed by atoms with E-state index in [2.05, 4.69) is 91.3 Å². The molecule has 2 heterocycles. The number of hydrogen-bond donors (Lipinski definition) is 3. The van der Waals surface area contributed by atoms with E-state index in [0.29, 0.717) is 29.6 Å². The molecule has 0 aromatic rings. The lowest BCUT2D eigenvalue weighted by Gasteiger charge is -2.72. The fraction of sp³-hybridized carbons (Fsp3) is 0.891. The van der Waals surface area contributed by atoms with Crippen LogP contribution in [0.25, 0.3) is 0 Å². The second-order valence-electron chi connectivity index (χ2n) is 26.0. The molecule has 0 spiro atoms. The number of amides is 2. The Balaban J connectivity index is 0.000000691. The zero-order chi connectivity index (χ0) is 47.0. The van der Waals surface area contributed by atoms with Crippen molar-refractivity contribution < 1.29 is 29.0 Å². The summed E-state index contributed by atoms with van der Waals surface area (Å²) in [6, 6.07) is 1.54. The van der Waals surface area contributed by atoms with Gasteiger partial charge in [0, 0.05) is 42.5 Å². The molecule has 3 N–H and O–H groups in total. The van der Waals surface area contributed by atoms with Crippen LogP contribution in [-0.4, -0.2) is 71.1 Å². The maximum absolute atomic E-state index is 15.1. The Labute approximate surface area is 388 Å². The van der Waals surface area contributed by atoms with E-state index in [4.69, 9.17) is 4.74 Å². The zero-order valence-electron chi connectivity index (χ0n) is 42.6. The van der Waals surface area contributed by atoms with E-state index in [-0.39, 0.29) is 63.4 Å². The van der Waals surface area contributed by atoms with Gasteiger partial charge in [-0.2, -0.15) is 0 Å². The molecule has 0 aromatic heterocycles. The van der Waals surface area contributed by atoms with Crippen LogP contribution in [0.1, 0.15) is 199 Å². The molecule has 8 fully saturated rings. The highest BCUT2D eigenvalue weighted by Gasteiger charge is 2.73. The lowest BCUT2D eigenvalue weighted by Crippen LogP contribution is -2.69. The number of rotatable bonds is 8. The van der Waals surface area contributed by atoms with E-state index in [1.54, 1.807) is 13.8 Å². The molecule has 5 unspecified atom stereocenters. The van der Waals surface area contributed by atoms with E-state index in [1.165, 1.54) is 31.3 Å². The maximum Gasteiger partial charge on any atom is 0.309 e. The van der Waals surface area contributed by atoms with Gasteiger partial charge in [-0.3, -0.25) is 19.2 Å². The summed E-state index contributed by atoms with van der Waals surface area (Å²) in [6.45, 7) is 32.9. The third-order valence-corrected chi connectivity index (χ3v) is 21.2. The number of nitrogens with one attached hydrogen (secondary N) is 2. The minimum atomic E-state index is -1.16. The number of piperidine rings is 2. The van der Waals surface area contributed by atoms with E-state index < -0.39 is 22.8 Å². The van der Waals surface area contributed by atoms with Crippen molar-refractivity contribution in [3.8, 4) is 0 Å².